The third-order valence-corrected chi connectivity index (χ3v) is 4.81. The summed E-state index contributed by atoms with van der Waals surface area (Å²) in [5.74, 6) is -0.132. The van der Waals surface area contributed by atoms with Crippen LogP contribution in [-0.4, -0.2) is 129 Å². The molecule has 242 valence electrons. The average Bonchev–Trinajstić information content (AvgIpc) is 2.91. The molecule has 0 rings (SSSR count). The van der Waals surface area contributed by atoms with Crippen molar-refractivity contribution >= 4 is 17.9 Å². The molecule has 3 amide bonds. The van der Waals surface area contributed by atoms with Crippen LogP contribution in [0, 0.1) is 0 Å². The highest BCUT2D eigenvalue weighted by Crippen LogP contribution is 2.06. The number of hydrogen-bond acceptors (Lipinski definition) is 11. The van der Waals surface area contributed by atoms with E-state index in [1.165, 1.54) is 0 Å². The molecule has 0 fully saturated rings. The van der Waals surface area contributed by atoms with Crippen LogP contribution >= 0.6 is 0 Å². The summed E-state index contributed by atoms with van der Waals surface area (Å²) < 4.78 is 37.3. The van der Waals surface area contributed by atoms with Gasteiger partial charge in [0, 0.05) is 52.2 Å². The Labute approximate surface area is 244 Å². The van der Waals surface area contributed by atoms with E-state index < -0.39 is 11.7 Å². The highest BCUT2D eigenvalue weighted by atomic mass is 16.6. The lowest BCUT2D eigenvalue weighted by molar-refractivity contribution is -0.123. The highest BCUT2D eigenvalue weighted by Gasteiger charge is 2.15. The third-order valence-electron chi connectivity index (χ3n) is 4.81. The molecule has 0 radical (unpaired) electrons. The van der Waals surface area contributed by atoms with Gasteiger partial charge in [0.1, 0.15) is 5.60 Å². The smallest absolute Gasteiger partial charge is 0.407 e. The third kappa shape index (κ3) is 32.3. The Bertz CT molecular complexity index is 650. The second-order valence-electron chi connectivity index (χ2n) is 9.80. The lowest BCUT2D eigenvalue weighted by Crippen LogP contribution is -2.34. The molecule has 0 aliphatic heterocycles. The van der Waals surface area contributed by atoms with Gasteiger partial charge in [-0.3, -0.25) is 9.59 Å². The summed E-state index contributed by atoms with van der Waals surface area (Å²) in [7, 11) is 0. The summed E-state index contributed by atoms with van der Waals surface area (Å²) in [6.07, 6.45) is 1.53. The fraction of sp³-hybridized carbons (Fsp3) is 0.889. The van der Waals surface area contributed by atoms with Crippen LogP contribution in [0.15, 0.2) is 0 Å². The molecule has 0 aliphatic rings. The molecule has 0 aromatic heterocycles. The molecule has 0 aromatic rings. The van der Waals surface area contributed by atoms with Crippen molar-refractivity contribution in [2.45, 2.75) is 52.1 Å². The minimum atomic E-state index is -0.530. The van der Waals surface area contributed by atoms with E-state index in [1.54, 1.807) is 20.8 Å². The molecule has 0 saturated carbocycles. The summed E-state index contributed by atoms with van der Waals surface area (Å²) in [6.45, 7) is 12.5. The Morgan fingerprint density at radius 3 is 1.39 bits per heavy atom. The predicted molar refractivity (Wildman–Crippen MR) is 153 cm³/mol. The molecule has 0 atom stereocenters. The maximum atomic E-state index is 11.8. The van der Waals surface area contributed by atoms with E-state index in [0.717, 1.165) is 6.42 Å². The molecule has 0 unspecified atom stereocenters. The molecule has 14 nitrogen and oxygen atoms in total. The van der Waals surface area contributed by atoms with Crippen molar-refractivity contribution in [1.82, 2.24) is 16.0 Å². The zero-order valence-electron chi connectivity index (χ0n) is 25.3. The summed E-state index contributed by atoms with van der Waals surface area (Å²) >= 11 is 0. The number of rotatable bonds is 28. The molecule has 0 bridgehead atoms. The molecular weight excluding hydrogens is 540 g/mol. The van der Waals surface area contributed by atoms with Crippen molar-refractivity contribution in [2.24, 2.45) is 5.73 Å². The van der Waals surface area contributed by atoms with Gasteiger partial charge in [-0.05, 0) is 33.6 Å². The van der Waals surface area contributed by atoms with Crippen molar-refractivity contribution < 1.29 is 47.5 Å². The van der Waals surface area contributed by atoms with Gasteiger partial charge in [-0.1, -0.05) is 0 Å². The monoisotopic (exact) mass is 594 g/mol. The molecule has 0 spiro atoms. The van der Waals surface area contributed by atoms with Crippen molar-refractivity contribution in [2.75, 3.05) is 105 Å². The molecule has 0 aromatic carbocycles. The zero-order valence-corrected chi connectivity index (χ0v) is 25.3. The average molecular weight is 595 g/mol. The summed E-state index contributed by atoms with van der Waals surface area (Å²) in [6, 6.07) is 0. The van der Waals surface area contributed by atoms with Gasteiger partial charge >= 0.3 is 6.09 Å². The molecule has 41 heavy (non-hydrogen) atoms. The predicted octanol–water partition coefficient (Wildman–Crippen LogP) is 0.362. The number of alkyl carbamates (subject to hydrolysis) is 1. The Kier molecular flexibility index (Phi) is 26.7. The lowest BCUT2D eigenvalue weighted by atomic mass is 10.2. The minimum Gasteiger partial charge on any atom is -0.444 e. The first-order chi connectivity index (χ1) is 19.7. The van der Waals surface area contributed by atoms with Crippen LogP contribution in [-0.2, 0) is 42.7 Å². The summed E-state index contributed by atoms with van der Waals surface area (Å²) in [4.78, 5) is 35.0. The summed E-state index contributed by atoms with van der Waals surface area (Å²) in [5.41, 5.74) is 4.78. The quantitative estimate of drug-likeness (QED) is 0.0920. The van der Waals surface area contributed by atoms with Crippen LogP contribution in [0.1, 0.15) is 46.5 Å². The SMILES string of the molecule is CC(C)(C)OC(=O)NCCOCCOCCC(=O)NCCCOCCOCCCNC(=O)CCOCCOCCN. The van der Waals surface area contributed by atoms with E-state index in [4.69, 9.17) is 38.9 Å². The maximum Gasteiger partial charge on any atom is 0.407 e. The van der Waals surface area contributed by atoms with Crippen LogP contribution in [0.25, 0.3) is 0 Å². The number of ether oxygens (including phenoxy) is 7. The normalized spacial score (nSPS) is 11.3. The van der Waals surface area contributed by atoms with Crippen molar-refractivity contribution in [1.29, 1.82) is 0 Å². The van der Waals surface area contributed by atoms with Gasteiger partial charge < -0.3 is 54.8 Å². The van der Waals surface area contributed by atoms with Gasteiger partial charge in [-0.2, -0.15) is 0 Å². The van der Waals surface area contributed by atoms with Crippen LogP contribution in [0.2, 0.25) is 0 Å². The second-order valence-corrected chi connectivity index (χ2v) is 9.80. The van der Waals surface area contributed by atoms with E-state index >= 15 is 0 Å². The van der Waals surface area contributed by atoms with Crippen LogP contribution in [0.3, 0.4) is 0 Å². The van der Waals surface area contributed by atoms with E-state index in [9.17, 15) is 14.4 Å². The fourth-order valence-corrected chi connectivity index (χ4v) is 2.90. The van der Waals surface area contributed by atoms with Gasteiger partial charge in [0.15, 0.2) is 0 Å². The largest absolute Gasteiger partial charge is 0.444 e. The van der Waals surface area contributed by atoms with Gasteiger partial charge in [0.25, 0.3) is 0 Å². The molecular formula is C27H54N4O10. The fourth-order valence-electron chi connectivity index (χ4n) is 2.90. The second kappa shape index (κ2) is 28.1. The number of carbonyl (C=O) groups excluding carboxylic acids is 3. The summed E-state index contributed by atoms with van der Waals surface area (Å²) in [5, 5.41) is 8.25. The molecule has 5 N–H and O–H groups in total. The number of carbonyl (C=O) groups is 3. The van der Waals surface area contributed by atoms with Crippen LogP contribution < -0.4 is 21.7 Å². The van der Waals surface area contributed by atoms with E-state index in [0.29, 0.717) is 118 Å². The lowest BCUT2D eigenvalue weighted by Gasteiger charge is -2.19. The Morgan fingerprint density at radius 2 is 0.951 bits per heavy atom. The van der Waals surface area contributed by atoms with Crippen molar-refractivity contribution in [3.05, 3.63) is 0 Å². The number of nitrogens with one attached hydrogen (secondary N) is 3. The first kappa shape index (κ1) is 38.9. The van der Waals surface area contributed by atoms with Crippen LogP contribution in [0.5, 0.6) is 0 Å². The number of nitrogens with two attached hydrogens (primary N) is 1. The first-order valence-electron chi connectivity index (χ1n) is 14.4. The zero-order chi connectivity index (χ0) is 30.4. The minimum absolute atomic E-state index is 0.0522. The van der Waals surface area contributed by atoms with E-state index in [-0.39, 0.29) is 18.2 Å². The molecule has 0 saturated heterocycles. The van der Waals surface area contributed by atoms with E-state index in [1.807, 2.05) is 0 Å². The highest BCUT2D eigenvalue weighted by molar-refractivity contribution is 5.76. The Hall–Kier alpha value is -2.07. The van der Waals surface area contributed by atoms with Crippen molar-refractivity contribution in [3.8, 4) is 0 Å². The molecule has 0 aliphatic carbocycles. The maximum absolute atomic E-state index is 11.8. The van der Waals surface area contributed by atoms with Crippen LogP contribution in [0.4, 0.5) is 4.79 Å². The Balaban J connectivity index is 3.30. The topological polar surface area (TPSA) is 178 Å². The van der Waals surface area contributed by atoms with E-state index in [2.05, 4.69) is 16.0 Å². The molecule has 0 heterocycles. The van der Waals surface area contributed by atoms with Crippen molar-refractivity contribution in [3.63, 3.8) is 0 Å². The van der Waals surface area contributed by atoms with Gasteiger partial charge in [0.05, 0.1) is 66.1 Å². The van der Waals surface area contributed by atoms with Gasteiger partial charge in [-0.25, -0.2) is 4.79 Å². The van der Waals surface area contributed by atoms with Gasteiger partial charge in [-0.15, -0.1) is 0 Å². The first-order valence-corrected chi connectivity index (χ1v) is 14.4. The number of hydrogen-bond donors (Lipinski definition) is 4. The standard InChI is InChI=1S/C27H54N4O10/c1-27(2,3)41-26(34)31-11-17-40-23-21-38-15-7-25(33)30-10-5-13-36-19-18-35-12-4-9-29-24(32)6-14-37-20-22-39-16-8-28/h4-23,28H2,1-3H3,(H,29,32)(H,30,33)(H,31,34). The number of amides is 3. The molecule has 14 heteroatoms. The Morgan fingerprint density at radius 1 is 0.537 bits per heavy atom. The van der Waals surface area contributed by atoms with Gasteiger partial charge in [0.2, 0.25) is 11.8 Å².